The average Bonchev–Trinajstić information content (AvgIpc) is 2.71. The molecular formula is C21H26N2O6S. The lowest BCUT2D eigenvalue weighted by molar-refractivity contribution is -0.135. The first-order valence-electron chi connectivity index (χ1n) is 9.64. The summed E-state index contributed by atoms with van der Waals surface area (Å²) in [5.74, 6) is -0.349. The van der Waals surface area contributed by atoms with E-state index in [1.807, 2.05) is 26.0 Å². The first-order chi connectivity index (χ1) is 14.2. The second-order valence-electron chi connectivity index (χ2n) is 7.54. The summed E-state index contributed by atoms with van der Waals surface area (Å²) in [4.78, 5) is 11.9. The number of hydrogen-bond donors (Lipinski definition) is 3. The molecule has 2 unspecified atom stereocenters. The van der Waals surface area contributed by atoms with Crippen LogP contribution < -0.4 is 10.2 Å². The molecule has 1 aliphatic rings. The molecule has 1 fully saturated rings. The molecule has 2 aromatic rings. The maximum Gasteiger partial charge on any atom is 0.261 e. The Labute approximate surface area is 176 Å². The molecule has 0 radical (unpaired) electrons. The zero-order valence-electron chi connectivity index (χ0n) is 16.9. The number of aliphatic hydroxyl groups is 1. The van der Waals surface area contributed by atoms with Gasteiger partial charge in [-0.1, -0.05) is 29.3 Å². The number of aliphatic hydroxyl groups excluding tert-OH is 1. The molecule has 0 bridgehead atoms. The van der Waals surface area contributed by atoms with Crippen molar-refractivity contribution < 1.29 is 28.3 Å². The van der Waals surface area contributed by atoms with Crippen LogP contribution in [0.25, 0.3) is 0 Å². The summed E-state index contributed by atoms with van der Waals surface area (Å²) in [6, 6.07) is 10.9. The lowest BCUT2D eigenvalue weighted by atomic mass is 10.0. The minimum atomic E-state index is -3.99. The van der Waals surface area contributed by atoms with E-state index in [9.17, 15) is 18.3 Å². The van der Waals surface area contributed by atoms with E-state index in [2.05, 4.69) is 6.07 Å². The molecule has 2 atom stereocenters. The Balaban J connectivity index is 1.74. The van der Waals surface area contributed by atoms with Crippen LogP contribution in [0.5, 0.6) is 5.75 Å². The van der Waals surface area contributed by atoms with E-state index in [4.69, 9.17) is 9.94 Å². The highest BCUT2D eigenvalue weighted by atomic mass is 32.2. The number of nitrogens with one attached hydrogen (secondary N) is 1. The van der Waals surface area contributed by atoms with Crippen molar-refractivity contribution in [3.05, 3.63) is 59.2 Å². The molecule has 3 rings (SSSR count). The summed E-state index contributed by atoms with van der Waals surface area (Å²) in [5.41, 5.74) is 4.79. The van der Waals surface area contributed by atoms with Crippen LogP contribution in [0, 0.1) is 13.8 Å². The van der Waals surface area contributed by atoms with Gasteiger partial charge >= 0.3 is 0 Å². The van der Waals surface area contributed by atoms with Crippen LogP contribution in [0.4, 0.5) is 0 Å². The number of carbonyl (C=O) groups is 1. The van der Waals surface area contributed by atoms with Gasteiger partial charge in [-0.05, 0) is 56.5 Å². The Hall–Kier alpha value is -2.46. The number of piperidine rings is 1. The maximum absolute atomic E-state index is 13.0. The van der Waals surface area contributed by atoms with Gasteiger partial charge in [-0.2, -0.15) is 4.31 Å². The van der Waals surface area contributed by atoms with Gasteiger partial charge in [-0.25, -0.2) is 13.9 Å². The van der Waals surface area contributed by atoms with Gasteiger partial charge in [-0.15, -0.1) is 0 Å². The molecule has 1 amide bonds. The largest absolute Gasteiger partial charge is 0.489 e. The predicted octanol–water partition coefficient (Wildman–Crippen LogP) is 1.90. The monoisotopic (exact) mass is 434 g/mol. The summed E-state index contributed by atoms with van der Waals surface area (Å²) in [5, 5.41) is 18.7. The number of aryl methyl sites for hydroxylation is 2. The van der Waals surface area contributed by atoms with Gasteiger partial charge < -0.3 is 9.84 Å². The average molecular weight is 435 g/mol. The highest BCUT2D eigenvalue weighted by molar-refractivity contribution is 7.89. The number of benzene rings is 2. The zero-order chi connectivity index (χ0) is 21.9. The summed E-state index contributed by atoms with van der Waals surface area (Å²) in [7, 11) is -3.99. The molecule has 9 heteroatoms. The molecule has 30 heavy (non-hydrogen) atoms. The van der Waals surface area contributed by atoms with Gasteiger partial charge in [0.1, 0.15) is 18.4 Å². The van der Waals surface area contributed by atoms with E-state index >= 15 is 0 Å². The quantitative estimate of drug-likeness (QED) is 0.472. The molecule has 2 aromatic carbocycles. The van der Waals surface area contributed by atoms with E-state index in [0.717, 1.165) is 21.0 Å². The molecule has 0 aromatic heterocycles. The van der Waals surface area contributed by atoms with E-state index in [0.29, 0.717) is 12.4 Å². The van der Waals surface area contributed by atoms with Crippen molar-refractivity contribution in [2.24, 2.45) is 0 Å². The minimum absolute atomic E-state index is 0.00776. The highest BCUT2D eigenvalue weighted by Gasteiger charge is 2.40. The minimum Gasteiger partial charge on any atom is -0.489 e. The Bertz CT molecular complexity index is 986. The molecule has 162 valence electrons. The second-order valence-corrected chi connectivity index (χ2v) is 9.43. The number of rotatable bonds is 6. The number of hydrogen-bond acceptors (Lipinski definition) is 6. The van der Waals surface area contributed by atoms with Crippen LogP contribution in [0.15, 0.2) is 47.4 Å². The summed E-state index contributed by atoms with van der Waals surface area (Å²) >= 11 is 0. The van der Waals surface area contributed by atoms with Crippen molar-refractivity contribution in [3.63, 3.8) is 0 Å². The van der Waals surface area contributed by atoms with E-state index in [1.165, 1.54) is 17.6 Å². The van der Waals surface area contributed by atoms with Gasteiger partial charge in [0, 0.05) is 6.54 Å². The summed E-state index contributed by atoms with van der Waals surface area (Å²) in [6.45, 7) is 4.37. The van der Waals surface area contributed by atoms with Gasteiger partial charge in [0.2, 0.25) is 10.0 Å². The molecule has 8 nitrogen and oxygen atoms in total. The third kappa shape index (κ3) is 4.99. The summed E-state index contributed by atoms with van der Waals surface area (Å²) in [6.07, 6.45) is -0.673. The van der Waals surface area contributed by atoms with Crippen molar-refractivity contribution in [3.8, 4) is 5.75 Å². The SMILES string of the molecule is Cc1cc(C)cc(COc2ccc(S(=O)(=O)N3CCC(O)CC3C(=O)NO)cc2)c1. The maximum atomic E-state index is 13.0. The number of ether oxygens (including phenoxy) is 1. The van der Waals surface area contributed by atoms with Crippen molar-refractivity contribution in [2.75, 3.05) is 6.54 Å². The highest BCUT2D eigenvalue weighted by Crippen LogP contribution is 2.27. The van der Waals surface area contributed by atoms with Crippen LogP contribution in [-0.4, -0.2) is 47.6 Å². The summed E-state index contributed by atoms with van der Waals surface area (Å²) < 4.78 is 32.8. The topological polar surface area (TPSA) is 116 Å². The standard InChI is InChI=1S/C21H26N2O6S/c1-14-9-15(2)11-16(10-14)13-29-18-3-5-19(6-4-18)30(27,28)23-8-7-17(24)12-20(23)21(25)22-26/h3-6,9-11,17,20,24,26H,7-8,12-13H2,1-2H3,(H,22,25). The van der Waals surface area contributed by atoms with Crippen LogP contribution >= 0.6 is 0 Å². The third-order valence-corrected chi connectivity index (χ3v) is 6.98. The van der Waals surface area contributed by atoms with Crippen LogP contribution in [0.2, 0.25) is 0 Å². The molecule has 0 saturated carbocycles. The van der Waals surface area contributed by atoms with E-state index in [1.54, 1.807) is 12.1 Å². The first-order valence-corrected chi connectivity index (χ1v) is 11.1. The van der Waals surface area contributed by atoms with Gasteiger partial charge in [0.05, 0.1) is 11.0 Å². The molecule has 3 N–H and O–H groups in total. The number of carbonyl (C=O) groups excluding carboxylic acids is 1. The fraction of sp³-hybridized carbons (Fsp3) is 0.381. The third-order valence-electron chi connectivity index (χ3n) is 5.06. The van der Waals surface area contributed by atoms with Gasteiger partial charge in [0.25, 0.3) is 5.91 Å². The fourth-order valence-corrected chi connectivity index (χ4v) is 5.30. The first kappa shape index (κ1) is 22.2. The van der Waals surface area contributed by atoms with Crippen molar-refractivity contribution >= 4 is 15.9 Å². The molecular weight excluding hydrogens is 408 g/mol. The van der Waals surface area contributed by atoms with Gasteiger partial charge in [0.15, 0.2) is 0 Å². The zero-order valence-corrected chi connectivity index (χ0v) is 17.7. The van der Waals surface area contributed by atoms with Crippen molar-refractivity contribution in [2.45, 2.75) is 50.3 Å². The molecule has 1 aliphatic heterocycles. The molecule has 0 spiro atoms. The van der Waals surface area contributed by atoms with Crippen molar-refractivity contribution in [1.29, 1.82) is 0 Å². The van der Waals surface area contributed by atoms with Crippen LogP contribution in [0.1, 0.15) is 29.5 Å². The molecule has 0 aliphatic carbocycles. The lowest BCUT2D eigenvalue weighted by Gasteiger charge is -2.35. The number of amides is 1. The van der Waals surface area contributed by atoms with Crippen LogP contribution in [0.3, 0.4) is 0 Å². The predicted molar refractivity (Wildman–Crippen MR) is 110 cm³/mol. The van der Waals surface area contributed by atoms with Gasteiger partial charge in [-0.3, -0.25) is 10.0 Å². The second kappa shape index (κ2) is 9.13. The number of nitrogens with zero attached hydrogens (tertiary/aromatic N) is 1. The Morgan fingerprint density at radius 3 is 2.40 bits per heavy atom. The fourth-order valence-electron chi connectivity index (χ4n) is 3.69. The normalized spacial score (nSPS) is 20.0. The van der Waals surface area contributed by atoms with Crippen LogP contribution in [-0.2, 0) is 21.4 Å². The Morgan fingerprint density at radius 2 is 1.80 bits per heavy atom. The lowest BCUT2D eigenvalue weighted by Crippen LogP contribution is -2.54. The molecule has 1 saturated heterocycles. The number of hydroxylamine groups is 1. The molecule has 1 heterocycles. The van der Waals surface area contributed by atoms with Crippen molar-refractivity contribution in [1.82, 2.24) is 9.79 Å². The van der Waals surface area contributed by atoms with E-state index < -0.39 is 28.1 Å². The smallest absolute Gasteiger partial charge is 0.261 e. The number of sulfonamides is 1. The Kier molecular flexibility index (Phi) is 6.77. The van der Waals surface area contributed by atoms with E-state index in [-0.39, 0.29) is 24.3 Å². The Morgan fingerprint density at radius 1 is 1.17 bits per heavy atom.